The minimum atomic E-state index is -0.237. The average Bonchev–Trinajstić information content (AvgIpc) is 1.68. The molecular formula is C4H9INO-. The average molecular weight is 214 g/mol. The molecule has 0 aromatic rings. The predicted molar refractivity (Wildman–Crippen MR) is 25.8 cm³/mol. The molecule has 0 unspecified atom stereocenters. The Balaban J connectivity index is 3.58. The Morgan fingerprint density at radius 2 is 2.00 bits per heavy atom. The summed E-state index contributed by atoms with van der Waals surface area (Å²) in [5.74, 6) is 0. The summed E-state index contributed by atoms with van der Waals surface area (Å²) in [7, 11) is 0. The van der Waals surface area contributed by atoms with Crippen LogP contribution in [0.5, 0.6) is 0 Å². The molecule has 0 saturated carbocycles. The second-order valence-corrected chi connectivity index (χ2v) is 5.41. The molecule has 0 amide bonds. The number of nitrogens with zero attached hydrogens (tertiary/aromatic N) is 1. The van der Waals surface area contributed by atoms with E-state index >= 15 is 0 Å². The topological polar surface area (TPSA) is 29.4 Å². The number of alkyl halides is 2. The summed E-state index contributed by atoms with van der Waals surface area (Å²) in [5.41, 5.74) is 0. The van der Waals surface area contributed by atoms with Gasteiger partial charge in [-0.2, -0.15) is 0 Å². The summed E-state index contributed by atoms with van der Waals surface area (Å²) in [4.78, 5) is 11.9. The Morgan fingerprint density at radius 1 is 1.57 bits per heavy atom. The van der Waals surface area contributed by atoms with Crippen molar-refractivity contribution in [3.63, 3.8) is 0 Å². The van der Waals surface area contributed by atoms with Gasteiger partial charge < -0.3 is 0 Å². The van der Waals surface area contributed by atoms with Crippen molar-refractivity contribution >= 4 is 0 Å². The van der Waals surface area contributed by atoms with Crippen molar-refractivity contribution in [2.24, 2.45) is 5.18 Å². The summed E-state index contributed by atoms with van der Waals surface area (Å²) >= 11 is -0.0182. The summed E-state index contributed by atoms with van der Waals surface area (Å²) in [5, 5.41) is 2.94. The summed E-state index contributed by atoms with van der Waals surface area (Å²) in [6, 6.07) is 0. The van der Waals surface area contributed by atoms with Gasteiger partial charge in [0.05, 0.1) is 0 Å². The zero-order valence-corrected chi connectivity index (χ0v) is 6.89. The molecule has 0 atom stereocenters. The molecule has 0 rings (SSSR count). The van der Waals surface area contributed by atoms with E-state index in [-0.39, 0.29) is 24.8 Å². The van der Waals surface area contributed by atoms with E-state index in [0.29, 0.717) is 0 Å². The van der Waals surface area contributed by atoms with Crippen molar-refractivity contribution in [2.75, 3.05) is 4.93 Å². The van der Waals surface area contributed by atoms with E-state index in [2.05, 4.69) is 10.1 Å². The SMILES string of the molecule is C[I-]C(C)(C)N=O. The van der Waals surface area contributed by atoms with Crippen molar-refractivity contribution in [1.29, 1.82) is 0 Å². The maximum atomic E-state index is 9.84. The minimum absolute atomic E-state index is 0.0182. The van der Waals surface area contributed by atoms with Crippen LogP contribution in [0.3, 0.4) is 0 Å². The van der Waals surface area contributed by atoms with Gasteiger partial charge in [-0.1, -0.05) is 0 Å². The molecule has 0 aliphatic carbocycles. The van der Waals surface area contributed by atoms with Gasteiger partial charge in [0.1, 0.15) is 0 Å². The zero-order chi connectivity index (χ0) is 5.91. The van der Waals surface area contributed by atoms with Gasteiger partial charge >= 0.3 is 53.6 Å². The Bertz CT molecular complexity index is 72.1. The Kier molecular flexibility index (Phi) is 2.71. The predicted octanol–water partition coefficient (Wildman–Crippen LogP) is -1.79. The van der Waals surface area contributed by atoms with E-state index in [1.165, 1.54) is 0 Å². The van der Waals surface area contributed by atoms with Crippen LogP contribution in [0.15, 0.2) is 5.18 Å². The molecule has 0 N–H and O–H groups in total. The first-order valence-electron chi connectivity index (χ1n) is 1.97. The van der Waals surface area contributed by atoms with Crippen LogP contribution >= 0.6 is 0 Å². The monoisotopic (exact) mass is 214 g/mol. The summed E-state index contributed by atoms with van der Waals surface area (Å²) in [6.07, 6.45) is 0. The van der Waals surface area contributed by atoms with E-state index < -0.39 is 0 Å². The molecule has 0 aliphatic heterocycles. The molecular weight excluding hydrogens is 205 g/mol. The normalized spacial score (nSPS) is 11.9. The van der Waals surface area contributed by atoms with Crippen molar-refractivity contribution in [3.8, 4) is 0 Å². The molecule has 0 fully saturated rings. The fraction of sp³-hybridized carbons (Fsp3) is 1.00. The van der Waals surface area contributed by atoms with Crippen LogP contribution in [0.25, 0.3) is 0 Å². The third-order valence-electron chi connectivity index (χ3n) is 0.680. The number of hydrogen-bond donors (Lipinski definition) is 0. The quantitative estimate of drug-likeness (QED) is 0.231. The van der Waals surface area contributed by atoms with Crippen LogP contribution in [0, 0.1) is 4.91 Å². The van der Waals surface area contributed by atoms with Crippen LogP contribution in [-0.2, 0) is 0 Å². The fourth-order valence-corrected chi connectivity index (χ4v) is 0.231. The first-order valence-corrected chi connectivity index (χ1v) is 5.21. The van der Waals surface area contributed by atoms with E-state index in [0.717, 1.165) is 0 Å². The standard InChI is InChI=1S/C4H9INO/c1-4(2,5-3)6-7/h1-3H3/q-1. The number of hydrogen-bond acceptors (Lipinski definition) is 2. The Morgan fingerprint density at radius 3 is 2.00 bits per heavy atom. The third kappa shape index (κ3) is 2.96. The molecule has 44 valence electrons. The molecule has 0 aromatic carbocycles. The Labute approximate surface area is 53.9 Å². The van der Waals surface area contributed by atoms with Gasteiger partial charge in [-0.15, -0.1) is 0 Å². The van der Waals surface area contributed by atoms with Crippen LogP contribution in [0.1, 0.15) is 13.8 Å². The maximum absolute atomic E-state index is 9.84. The first-order chi connectivity index (χ1) is 3.12. The summed E-state index contributed by atoms with van der Waals surface area (Å²) in [6.45, 7) is 3.74. The van der Waals surface area contributed by atoms with Gasteiger partial charge in [-0.25, -0.2) is 0 Å². The second kappa shape index (κ2) is 2.59. The number of halogens is 1. The number of nitroso groups, excluding NO2 is 1. The van der Waals surface area contributed by atoms with Crippen molar-refractivity contribution < 1.29 is 21.2 Å². The van der Waals surface area contributed by atoms with Gasteiger partial charge in [0.15, 0.2) is 0 Å². The van der Waals surface area contributed by atoms with E-state index in [1.54, 1.807) is 0 Å². The Hall–Kier alpha value is 0.330. The van der Waals surface area contributed by atoms with Gasteiger partial charge in [-0.05, 0) is 0 Å². The van der Waals surface area contributed by atoms with E-state index in [4.69, 9.17) is 0 Å². The second-order valence-electron chi connectivity index (χ2n) is 1.69. The molecule has 0 bridgehead atoms. The molecule has 3 heteroatoms. The fourth-order valence-electron chi connectivity index (χ4n) is 0.0345. The van der Waals surface area contributed by atoms with Crippen molar-refractivity contribution in [1.82, 2.24) is 0 Å². The van der Waals surface area contributed by atoms with Crippen molar-refractivity contribution in [2.45, 2.75) is 17.4 Å². The van der Waals surface area contributed by atoms with Gasteiger partial charge in [0, 0.05) is 0 Å². The molecule has 0 radical (unpaired) electrons. The molecule has 0 aliphatic rings. The van der Waals surface area contributed by atoms with Crippen LogP contribution in [-0.4, -0.2) is 8.48 Å². The van der Waals surface area contributed by atoms with Gasteiger partial charge in [0.2, 0.25) is 0 Å². The van der Waals surface area contributed by atoms with Crippen LogP contribution < -0.4 is 21.2 Å². The first kappa shape index (κ1) is 7.33. The molecule has 2 nitrogen and oxygen atoms in total. The van der Waals surface area contributed by atoms with E-state index in [1.807, 2.05) is 13.8 Å². The van der Waals surface area contributed by atoms with Gasteiger partial charge in [0.25, 0.3) is 0 Å². The van der Waals surface area contributed by atoms with Crippen molar-refractivity contribution in [3.05, 3.63) is 4.91 Å². The summed E-state index contributed by atoms with van der Waals surface area (Å²) < 4.78 is -0.237. The number of rotatable bonds is 2. The third-order valence-corrected chi connectivity index (χ3v) is 3.52. The van der Waals surface area contributed by atoms with E-state index in [9.17, 15) is 4.91 Å². The van der Waals surface area contributed by atoms with Gasteiger partial charge in [-0.3, -0.25) is 0 Å². The molecule has 0 spiro atoms. The molecule has 7 heavy (non-hydrogen) atoms. The zero-order valence-electron chi connectivity index (χ0n) is 4.73. The van der Waals surface area contributed by atoms with Crippen LogP contribution in [0.4, 0.5) is 0 Å². The molecule has 0 aromatic heterocycles. The molecule has 0 saturated heterocycles. The molecule has 0 heterocycles. The van der Waals surface area contributed by atoms with Crippen LogP contribution in [0.2, 0.25) is 0 Å².